The molecule has 0 unspecified atom stereocenters. The van der Waals surface area contributed by atoms with Gasteiger partial charge in [0.15, 0.2) is 0 Å². The van der Waals surface area contributed by atoms with Crippen LogP contribution in [0.5, 0.6) is 0 Å². The summed E-state index contributed by atoms with van der Waals surface area (Å²) in [6, 6.07) is 10.1. The fourth-order valence-corrected chi connectivity index (χ4v) is 2.53. The van der Waals surface area contributed by atoms with Gasteiger partial charge in [-0.25, -0.2) is 4.98 Å². The molecule has 0 saturated carbocycles. The molecule has 1 heterocycles. The van der Waals surface area contributed by atoms with E-state index in [9.17, 15) is 4.79 Å². The Morgan fingerprint density at radius 3 is 2.22 bits per heavy atom. The van der Waals surface area contributed by atoms with Gasteiger partial charge in [0.25, 0.3) is 5.91 Å². The van der Waals surface area contributed by atoms with Crippen molar-refractivity contribution in [1.29, 1.82) is 0 Å². The molecule has 23 heavy (non-hydrogen) atoms. The second kappa shape index (κ2) is 7.77. The van der Waals surface area contributed by atoms with E-state index in [4.69, 9.17) is 0 Å². The number of hydrogen-bond acceptors (Lipinski definition) is 3. The number of anilines is 2. The Balaban J connectivity index is 2.19. The van der Waals surface area contributed by atoms with Crippen LogP contribution in [-0.4, -0.2) is 16.9 Å². The highest BCUT2D eigenvalue weighted by atomic mass is 16.1. The molecule has 1 aromatic heterocycles. The number of rotatable bonds is 6. The van der Waals surface area contributed by atoms with Gasteiger partial charge < -0.3 is 10.6 Å². The average Bonchev–Trinajstić information content (AvgIpc) is 2.55. The molecule has 2 N–H and O–H groups in total. The molecular formula is C19H25N3O. The van der Waals surface area contributed by atoms with E-state index in [0.717, 1.165) is 35.3 Å². The van der Waals surface area contributed by atoms with E-state index in [0.29, 0.717) is 11.7 Å². The fourth-order valence-electron chi connectivity index (χ4n) is 2.53. The number of aryl methyl sites for hydroxylation is 2. The Labute approximate surface area is 138 Å². The third kappa shape index (κ3) is 4.31. The van der Waals surface area contributed by atoms with E-state index in [2.05, 4.69) is 55.4 Å². The highest BCUT2D eigenvalue weighted by molar-refractivity contribution is 6.03. The zero-order chi connectivity index (χ0) is 16.8. The summed E-state index contributed by atoms with van der Waals surface area (Å²) in [6.07, 6.45) is 3.46. The van der Waals surface area contributed by atoms with Crippen molar-refractivity contribution in [3.8, 4) is 0 Å². The van der Waals surface area contributed by atoms with Crippen LogP contribution in [0.4, 0.5) is 11.4 Å². The fraction of sp³-hybridized carbons (Fsp3) is 0.368. The summed E-state index contributed by atoms with van der Waals surface area (Å²) >= 11 is 0. The van der Waals surface area contributed by atoms with Gasteiger partial charge in [-0.05, 0) is 49.9 Å². The van der Waals surface area contributed by atoms with Crippen molar-refractivity contribution in [3.05, 3.63) is 53.3 Å². The number of hydrogen-bond donors (Lipinski definition) is 2. The Kier molecular flexibility index (Phi) is 5.74. The van der Waals surface area contributed by atoms with Crippen molar-refractivity contribution in [2.24, 2.45) is 0 Å². The SMILES string of the molecule is CCc1cccc(CC)c1NC(=O)c1ccc(NC(C)C)cn1. The summed E-state index contributed by atoms with van der Waals surface area (Å²) in [4.78, 5) is 16.8. The Hall–Kier alpha value is -2.36. The predicted molar refractivity (Wildman–Crippen MR) is 96.1 cm³/mol. The number of carbonyl (C=O) groups is 1. The summed E-state index contributed by atoms with van der Waals surface area (Å²) in [7, 11) is 0. The molecule has 1 aromatic carbocycles. The largest absolute Gasteiger partial charge is 0.382 e. The molecular weight excluding hydrogens is 286 g/mol. The minimum Gasteiger partial charge on any atom is -0.382 e. The van der Waals surface area contributed by atoms with Crippen LogP contribution in [0.15, 0.2) is 36.5 Å². The minimum absolute atomic E-state index is 0.170. The first kappa shape index (κ1) is 17.0. The van der Waals surface area contributed by atoms with Gasteiger partial charge in [0.1, 0.15) is 5.69 Å². The smallest absolute Gasteiger partial charge is 0.274 e. The number of benzene rings is 1. The molecule has 0 spiro atoms. The standard InChI is InChI=1S/C19H25N3O/c1-5-14-8-7-9-15(6-2)18(14)22-19(23)17-11-10-16(12-20-17)21-13(3)4/h7-13,21H,5-6H2,1-4H3,(H,22,23). The third-order valence-electron chi connectivity index (χ3n) is 3.69. The summed E-state index contributed by atoms with van der Waals surface area (Å²) < 4.78 is 0. The normalized spacial score (nSPS) is 10.7. The lowest BCUT2D eigenvalue weighted by atomic mass is 10.0. The number of carbonyl (C=O) groups excluding carboxylic acids is 1. The van der Waals surface area contributed by atoms with Crippen molar-refractivity contribution in [1.82, 2.24) is 4.98 Å². The van der Waals surface area contributed by atoms with E-state index in [-0.39, 0.29) is 5.91 Å². The molecule has 4 nitrogen and oxygen atoms in total. The van der Waals surface area contributed by atoms with Crippen LogP contribution in [0.3, 0.4) is 0 Å². The lowest BCUT2D eigenvalue weighted by molar-refractivity contribution is 0.102. The maximum Gasteiger partial charge on any atom is 0.274 e. The van der Waals surface area contributed by atoms with Gasteiger partial charge in [0.05, 0.1) is 11.9 Å². The quantitative estimate of drug-likeness (QED) is 0.837. The molecule has 0 aliphatic heterocycles. The molecule has 0 aliphatic rings. The maximum absolute atomic E-state index is 12.5. The lowest BCUT2D eigenvalue weighted by Gasteiger charge is -2.14. The second-order valence-electron chi connectivity index (χ2n) is 5.84. The van der Waals surface area contributed by atoms with Crippen molar-refractivity contribution in [2.45, 2.75) is 46.6 Å². The number of para-hydroxylation sites is 1. The Bertz CT molecular complexity index is 641. The van der Waals surface area contributed by atoms with Gasteiger partial charge in [-0.2, -0.15) is 0 Å². The number of pyridine rings is 1. The molecule has 2 aromatic rings. The minimum atomic E-state index is -0.170. The average molecular weight is 311 g/mol. The molecule has 0 atom stereocenters. The molecule has 0 fully saturated rings. The van der Waals surface area contributed by atoms with Crippen LogP contribution < -0.4 is 10.6 Å². The first-order valence-corrected chi connectivity index (χ1v) is 8.19. The number of nitrogens with one attached hydrogen (secondary N) is 2. The molecule has 0 aliphatic carbocycles. The molecule has 1 amide bonds. The van der Waals surface area contributed by atoms with E-state index >= 15 is 0 Å². The van der Waals surface area contributed by atoms with Gasteiger partial charge in [-0.15, -0.1) is 0 Å². The first-order valence-electron chi connectivity index (χ1n) is 8.19. The predicted octanol–water partition coefficient (Wildman–Crippen LogP) is 4.28. The van der Waals surface area contributed by atoms with Crippen LogP contribution >= 0.6 is 0 Å². The summed E-state index contributed by atoms with van der Waals surface area (Å²) in [5.74, 6) is -0.170. The van der Waals surface area contributed by atoms with Gasteiger partial charge in [-0.3, -0.25) is 4.79 Å². The second-order valence-corrected chi connectivity index (χ2v) is 5.84. The van der Waals surface area contributed by atoms with Gasteiger partial charge in [0, 0.05) is 11.7 Å². The molecule has 0 saturated heterocycles. The molecule has 2 rings (SSSR count). The monoisotopic (exact) mass is 311 g/mol. The Morgan fingerprint density at radius 2 is 1.74 bits per heavy atom. The molecule has 0 radical (unpaired) electrons. The van der Waals surface area contributed by atoms with E-state index in [1.807, 2.05) is 12.1 Å². The maximum atomic E-state index is 12.5. The third-order valence-corrected chi connectivity index (χ3v) is 3.69. The first-order chi connectivity index (χ1) is 11.0. The number of nitrogens with zero attached hydrogens (tertiary/aromatic N) is 1. The number of amides is 1. The van der Waals surface area contributed by atoms with Gasteiger partial charge >= 0.3 is 0 Å². The zero-order valence-corrected chi connectivity index (χ0v) is 14.3. The van der Waals surface area contributed by atoms with Crippen LogP contribution in [-0.2, 0) is 12.8 Å². The zero-order valence-electron chi connectivity index (χ0n) is 14.3. The molecule has 4 heteroatoms. The van der Waals surface area contributed by atoms with E-state index in [1.165, 1.54) is 0 Å². The van der Waals surface area contributed by atoms with Crippen LogP contribution in [0.25, 0.3) is 0 Å². The van der Waals surface area contributed by atoms with Crippen LogP contribution in [0.2, 0.25) is 0 Å². The topological polar surface area (TPSA) is 54.0 Å². The lowest BCUT2D eigenvalue weighted by Crippen LogP contribution is -2.17. The van der Waals surface area contributed by atoms with E-state index in [1.54, 1.807) is 12.3 Å². The van der Waals surface area contributed by atoms with Gasteiger partial charge in [0.2, 0.25) is 0 Å². The van der Waals surface area contributed by atoms with Crippen LogP contribution in [0.1, 0.15) is 49.3 Å². The van der Waals surface area contributed by atoms with E-state index < -0.39 is 0 Å². The summed E-state index contributed by atoms with van der Waals surface area (Å²) in [6.45, 7) is 8.31. The number of aromatic nitrogens is 1. The molecule has 0 bridgehead atoms. The van der Waals surface area contributed by atoms with Crippen LogP contribution in [0, 0.1) is 0 Å². The highest BCUT2D eigenvalue weighted by Crippen LogP contribution is 2.23. The van der Waals surface area contributed by atoms with Crippen molar-refractivity contribution in [3.63, 3.8) is 0 Å². The molecule has 122 valence electrons. The summed E-state index contributed by atoms with van der Waals surface area (Å²) in [5, 5.41) is 6.30. The highest BCUT2D eigenvalue weighted by Gasteiger charge is 2.12. The Morgan fingerprint density at radius 1 is 1.09 bits per heavy atom. The van der Waals surface area contributed by atoms with Gasteiger partial charge in [-0.1, -0.05) is 32.0 Å². The van der Waals surface area contributed by atoms with Crippen molar-refractivity contribution < 1.29 is 4.79 Å². The summed E-state index contributed by atoms with van der Waals surface area (Å²) in [5.41, 5.74) is 4.56. The van der Waals surface area contributed by atoms with Crippen molar-refractivity contribution in [2.75, 3.05) is 10.6 Å². The van der Waals surface area contributed by atoms with Crippen molar-refractivity contribution >= 4 is 17.3 Å².